The van der Waals surface area contributed by atoms with Gasteiger partial charge in [-0.3, -0.25) is 4.79 Å². The number of esters is 1. The summed E-state index contributed by atoms with van der Waals surface area (Å²) in [7, 11) is 0. The normalized spacial score (nSPS) is 8.77. The van der Waals surface area contributed by atoms with E-state index in [1.807, 2.05) is 0 Å². The van der Waals surface area contributed by atoms with Crippen molar-refractivity contribution in [1.29, 1.82) is 0 Å². The number of benzene rings is 1. The van der Waals surface area contributed by atoms with Crippen molar-refractivity contribution in [3.8, 4) is 5.75 Å². The van der Waals surface area contributed by atoms with E-state index in [4.69, 9.17) is 5.73 Å². The molecule has 0 amide bonds. The molecule has 0 spiro atoms. The number of hydrogen-bond donors (Lipinski definition) is 1. The first-order valence-electron chi connectivity index (χ1n) is 3.38. The van der Waals surface area contributed by atoms with Gasteiger partial charge in [0.15, 0.2) is 0 Å². The third-order valence-corrected chi connectivity index (χ3v) is 1.21. The van der Waals surface area contributed by atoms with E-state index in [9.17, 15) is 9.18 Å². The van der Waals surface area contributed by atoms with Gasteiger partial charge < -0.3 is 11.9 Å². The summed E-state index contributed by atoms with van der Waals surface area (Å²) >= 11 is 0. The molecule has 3 nitrogen and oxygen atoms in total. The van der Waals surface area contributed by atoms with Crippen molar-refractivity contribution in [3.05, 3.63) is 30.1 Å². The molecular formula is C8H9FKNO2. The van der Waals surface area contributed by atoms with Crippen LogP contribution in [0.2, 0.25) is 0 Å². The molecule has 0 fully saturated rings. The molecule has 0 bridgehead atoms. The number of nitrogens with two attached hydrogens (primary N) is 1. The number of rotatable bonds is 2. The number of hydrogen-bond acceptors (Lipinski definition) is 3. The van der Waals surface area contributed by atoms with Crippen molar-refractivity contribution in [3.63, 3.8) is 0 Å². The average molecular weight is 209 g/mol. The summed E-state index contributed by atoms with van der Waals surface area (Å²) in [6, 6.07) is 5.14. The molecule has 0 atom stereocenters. The zero-order chi connectivity index (χ0) is 8.97. The van der Waals surface area contributed by atoms with E-state index in [-0.39, 0.29) is 65.2 Å². The maximum atomic E-state index is 12.3. The Balaban J connectivity index is 0. The molecule has 5 heteroatoms. The van der Waals surface area contributed by atoms with Gasteiger partial charge in [0.1, 0.15) is 11.6 Å². The van der Waals surface area contributed by atoms with Crippen LogP contribution in [0.1, 0.15) is 1.43 Å². The van der Waals surface area contributed by atoms with Gasteiger partial charge in [-0.05, 0) is 24.3 Å². The van der Waals surface area contributed by atoms with Crippen LogP contribution in [0.4, 0.5) is 4.39 Å². The Hall–Kier alpha value is 0.216. The Kier molecular flexibility index (Phi) is 6.75. The van der Waals surface area contributed by atoms with Gasteiger partial charge in [0.25, 0.3) is 0 Å². The number of carbonyl (C=O) groups excluding carboxylic acids is 1. The Labute approximate surface area is 119 Å². The van der Waals surface area contributed by atoms with Gasteiger partial charge >= 0.3 is 57.4 Å². The quantitative estimate of drug-likeness (QED) is 0.342. The number of carbonyl (C=O) groups is 1. The van der Waals surface area contributed by atoms with Gasteiger partial charge in [0.2, 0.25) is 0 Å². The smallest absolute Gasteiger partial charge is 1.00 e. The van der Waals surface area contributed by atoms with Crippen LogP contribution < -0.4 is 61.9 Å². The summed E-state index contributed by atoms with van der Waals surface area (Å²) < 4.78 is 17.0. The van der Waals surface area contributed by atoms with Gasteiger partial charge in [-0.2, -0.15) is 0 Å². The van der Waals surface area contributed by atoms with Crippen molar-refractivity contribution in [2.45, 2.75) is 0 Å². The van der Waals surface area contributed by atoms with Gasteiger partial charge in [-0.1, -0.05) is 0 Å². The van der Waals surface area contributed by atoms with Crippen molar-refractivity contribution in [1.82, 2.24) is 0 Å². The average Bonchev–Trinajstić information content (AvgIpc) is 2.09. The minimum absolute atomic E-state index is 0. The van der Waals surface area contributed by atoms with E-state index < -0.39 is 5.97 Å². The molecule has 0 unspecified atom stereocenters. The molecule has 0 aliphatic rings. The first-order chi connectivity index (χ1) is 5.72. The maximum absolute atomic E-state index is 12.3. The van der Waals surface area contributed by atoms with E-state index in [0.29, 0.717) is 5.75 Å². The summed E-state index contributed by atoms with van der Waals surface area (Å²) in [4.78, 5) is 10.6. The Morgan fingerprint density at radius 2 is 2.00 bits per heavy atom. The van der Waals surface area contributed by atoms with Crippen LogP contribution >= 0.6 is 0 Å². The molecule has 0 aliphatic carbocycles. The van der Waals surface area contributed by atoms with E-state index in [1.54, 1.807) is 0 Å². The topological polar surface area (TPSA) is 52.3 Å². The first-order valence-corrected chi connectivity index (χ1v) is 3.38. The van der Waals surface area contributed by atoms with E-state index >= 15 is 0 Å². The second-order valence-electron chi connectivity index (χ2n) is 2.13. The Morgan fingerprint density at radius 3 is 2.46 bits per heavy atom. The molecule has 1 aromatic carbocycles. The molecule has 0 saturated carbocycles. The van der Waals surface area contributed by atoms with Crippen molar-refractivity contribution in [2.24, 2.45) is 5.73 Å². The van der Waals surface area contributed by atoms with Crippen LogP contribution in [-0.4, -0.2) is 12.5 Å². The monoisotopic (exact) mass is 209 g/mol. The van der Waals surface area contributed by atoms with Crippen LogP contribution in [0.5, 0.6) is 5.75 Å². The predicted octanol–water partition coefficient (Wildman–Crippen LogP) is -2.19. The summed E-state index contributed by atoms with van der Waals surface area (Å²) in [6.07, 6.45) is 0. The zero-order valence-electron chi connectivity index (χ0n) is 8.29. The summed E-state index contributed by atoms with van der Waals surface area (Å²) in [5, 5.41) is 0. The van der Waals surface area contributed by atoms with Crippen LogP contribution in [0.15, 0.2) is 24.3 Å². The number of halogens is 1. The molecular weight excluding hydrogens is 200 g/mol. The standard InChI is InChI=1S/C8H8FNO2.K.H/c9-6-1-3-7(4-2-6)12-8(11)5-10;;/h1-4H,5,10H2;;/q;+1;-1. The van der Waals surface area contributed by atoms with E-state index in [0.717, 1.165) is 0 Å². The zero-order valence-corrected chi connectivity index (χ0v) is 10.4. The number of ether oxygens (including phenoxy) is 1. The molecule has 1 rings (SSSR count). The molecule has 2 N–H and O–H groups in total. The van der Waals surface area contributed by atoms with Gasteiger partial charge in [-0.15, -0.1) is 0 Å². The molecule has 0 heterocycles. The van der Waals surface area contributed by atoms with Gasteiger partial charge in [0.05, 0.1) is 6.54 Å². The minimum atomic E-state index is -0.540. The third-order valence-electron chi connectivity index (χ3n) is 1.21. The molecule has 0 radical (unpaired) electrons. The summed E-state index contributed by atoms with van der Waals surface area (Å²) in [5.41, 5.74) is 5.00. The Morgan fingerprint density at radius 1 is 1.46 bits per heavy atom. The first kappa shape index (κ1) is 13.2. The summed E-state index contributed by atoms with van der Waals surface area (Å²) in [5.74, 6) is -0.615. The molecule has 0 aliphatic heterocycles. The fourth-order valence-electron chi connectivity index (χ4n) is 0.676. The fraction of sp³-hybridized carbons (Fsp3) is 0.125. The molecule has 13 heavy (non-hydrogen) atoms. The van der Waals surface area contributed by atoms with Gasteiger partial charge in [0, 0.05) is 0 Å². The van der Waals surface area contributed by atoms with E-state index in [2.05, 4.69) is 4.74 Å². The van der Waals surface area contributed by atoms with Crippen LogP contribution in [-0.2, 0) is 4.79 Å². The third kappa shape index (κ3) is 4.85. The maximum Gasteiger partial charge on any atom is 1.00 e. The van der Waals surface area contributed by atoms with E-state index in [1.165, 1.54) is 24.3 Å². The molecule has 0 aromatic heterocycles. The largest absolute Gasteiger partial charge is 1.00 e. The van der Waals surface area contributed by atoms with Crippen molar-refractivity contribution in [2.75, 3.05) is 6.54 Å². The fourth-order valence-corrected chi connectivity index (χ4v) is 0.676. The molecule has 0 saturated heterocycles. The van der Waals surface area contributed by atoms with Crippen molar-refractivity contribution >= 4 is 5.97 Å². The minimum Gasteiger partial charge on any atom is -1.00 e. The second-order valence-corrected chi connectivity index (χ2v) is 2.13. The molecule has 1 aromatic rings. The van der Waals surface area contributed by atoms with Crippen molar-refractivity contribution < 1.29 is 66.7 Å². The Bertz CT molecular complexity index is 281. The van der Waals surface area contributed by atoms with Gasteiger partial charge in [-0.25, -0.2) is 4.39 Å². The van der Waals surface area contributed by atoms with Crippen LogP contribution in [0.25, 0.3) is 0 Å². The summed E-state index contributed by atoms with van der Waals surface area (Å²) in [6.45, 7) is -0.183. The SMILES string of the molecule is NCC(=O)Oc1ccc(F)cc1.[H-].[K+]. The van der Waals surface area contributed by atoms with Crippen LogP contribution in [0.3, 0.4) is 0 Å². The van der Waals surface area contributed by atoms with Crippen LogP contribution in [0, 0.1) is 5.82 Å². The second kappa shape index (κ2) is 6.64. The predicted molar refractivity (Wildman–Crippen MR) is 42.2 cm³/mol. The molecule has 66 valence electrons.